The summed E-state index contributed by atoms with van der Waals surface area (Å²) >= 11 is 0. The number of benzene rings is 1. The third-order valence-electron chi connectivity index (χ3n) is 4.40. The number of hydrogen-bond acceptors (Lipinski definition) is 4. The molecule has 6 heteroatoms. The van der Waals surface area contributed by atoms with E-state index in [1.165, 1.54) is 11.7 Å². The molecule has 0 spiro atoms. The molecule has 1 aromatic carbocycles. The molecular weight excluding hydrogens is 290 g/mol. The van der Waals surface area contributed by atoms with Crippen molar-refractivity contribution in [1.29, 1.82) is 0 Å². The van der Waals surface area contributed by atoms with Gasteiger partial charge in [-0.1, -0.05) is 24.3 Å². The second kappa shape index (κ2) is 5.79. The number of rotatable bonds is 2. The lowest BCUT2D eigenvalue weighted by Gasteiger charge is -2.32. The van der Waals surface area contributed by atoms with Crippen molar-refractivity contribution in [3.63, 3.8) is 0 Å². The van der Waals surface area contributed by atoms with Crippen molar-refractivity contribution in [2.45, 2.75) is 18.8 Å². The van der Waals surface area contributed by atoms with Crippen molar-refractivity contribution in [1.82, 2.24) is 25.1 Å². The largest absolute Gasteiger partial charge is 0.335 e. The van der Waals surface area contributed by atoms with Gasteiger partial charge < -0.3 is 4.90 Å². The number of nitrogens with zero attached hydrogens (tertiary/aromatic N) is 4. The fourth-order valence-electron chi connectivity index (χ4n) is 3.19. The Morgan fingerprint density at radius 1 is 1.22 bits per heavy atom. The molecule has 1 unspecified atom stereocenters. The van der Waals surface area contributed by atoms with Gasteiger partial charge in [0.15, 0.2) is 0 Å². The lowest BCUT2D eigenvalue weighted by Crippen LogP contribution is -2.39. The molecule has 3 aromatic rings. The lowest BCUT2D eigenvalue weighted by molar-refractivity contribution is 0.0694. The Balaban J connectivity index is 1.57. The van der Waals surface area contributed by atoms with Crippen LogP contribution >= 0.6 is 0 Å². The standard InChI is InChI=1S/C17H17N5O/c23-17(16-19-11-20-21-16)22-7-3-6-14(10-22)15-8-12-4-1-2-5-13(12)9-18-15/h1-2,4-5,8-9,11,14H,3,6-7,10H2,(H,19,20,21). The molecule has 1 atom stereocenters. The third-order valence-corrected chi connectivity index (χ3v) is 4.40. The van der Waals surface area contributed by atoms with Gasteiger partial charge in [-0.25, -0.2) is 4.98 Å². The van der Waals surface area contributed by atoms with E-state index >= 15 is 0 Å². The maximum Gasteiger partial charge on any atom is 0.291 e. The van der Waals surface area contributed by atoms with E-state index < -0.39 is 0 Å². The summed E-state index contributed by atoms with van der Waals surface area (Å²) in [4.78, 5) is 22.8. The zero-order chi connectivity index (χ0) is 15.6. The molecule has 1 aliphatic heterocycles. The van der Waals surface area contributed by atoms with Gasteiger partial charge in [0.1, 0.15) is 6.33 Å². The van der Waals surface area contributed by atoms with Gasteiger partial charge in [-0.05, 0) is 24.3 Å². The first-order chi connectivity index (χ1) is 11.3. The van der Waals surface area contributed by atoms with E-state index in [2.05, 4.69) is 38.4 Å². The quantitative estimate of drug-likeness (QED) is 0.788. The van der Waals surface area contributed by atoms with Crippen molar-refractivity contribution in [2.75, 3.05) is 13.1 Å². The van der Waals surface area contributed by atoms with Crippen LogP contribution in [-0.4, -0.2) is 44.1 Å². The number of aromatic nitrogens is 4. The van der Waals surface area contributed by atoms with Gasteiger partial charge in [0.25, 0.3) is 5.91 Å². The maximum absolute atomic E-state index is 12.4. The van der Waals surface area contributed by atoms with Crippen LogP contribution in [-0.2, 0) is 0 Å². The fourth-order valence-corrected chi connectivity index (χ4v) is 3.19. The lowest BCUT2D eigenvalue weighted by atomic mass is 9.93. The maximum atomic E-state index is 12.4. The smallest absolute Gasteiger partial charge is 0.291 e. The summed E-state index contributed by atoms with van der Waals surface area (Å²) in [5, 5.41) is 8.73. The van der Waals surface area contributed by atoms with Crippen molar-refractivity contribution in [3.05, 3.63) is 54.4 Å². The normalized spacial score (nSPS) is 18.3. The summed E-state index contributed by atoms with van der Waals surface area (Å²) in [6, 6.07) is 10.4. The number of carbonyl (C=O) groups is 1. The van der Waals surface area contributed by atoms with E-state index in [1.54, 1.807) is 0 Å². The highest BCUT2D eigenvalue weighted by Crippen LogP contribution is 2.28. The molecule has 1 amide bonds. The van der Waals surface area contributed by atoms with Crippen molar-refractivity contribution < 1.29 is 4.79 Å². The zero-order valence-electron chi connectivity index (χ0n) is 12.6. The topological polar surface area (TPSA) is 74.8 Å². The van der Waals surface area contributed by atoms with E-state index in [-0.39, 0.29) is 11.8 Å². The van der Waals surface area contributed by atoms with Crippen LogP contribution in [0, 0.1) is 0 Å². The number of pyridine rings is 1. The minimum absolute atomic E-state index is 0.0898. The summed E-state index contributed by atoms with van der Waals surface area (Å²) < 4.78 is 0. The Morgan fingerprint density at radius 3 is 2.91 bits per heavy atom. The Labute approximate surface area is 133 Å². The Hall–Kier alpha value is -2.76. The second-order valence-electron chi connectivity index (χ2n) is 5.88. The monoisotopic (exact) mass is 307 g/mol. The van der Waals surface area contributed by atoms with Crippen LogP contribution in [0.2, 0.25) is 0 Å². The minimum atomic E-state index is -0.0898. The molecule has 0 aliphatic carbocycles. The molecule has 1 N–H and O–H groups in total. The number of carbonyl (C=O) groups excluding carboxylic acids is 1. The van der Waals surface area contributed by atoms with Crippen LogP contribution in [0.4, 0.5) is 0 Å². The molecule has 4 rings (SSSR count). The Morgan fingerprint density at radius 2 is 2.09 bits per heavy atom. The molecule has 0 saturated carbocycles. The number of nitrogens with one attached hydrogen (secondary N) is 1. The predicted octanol–water partition coefficient (Wildman–Crippen LogP) is 2.37. The molecule has 1 saturated heterocycles. The Bertz CT molecular complexity index is 830. The number of piperidine rings is 1. The predicted molar refractivity (Wildman–Crippen MR) is 86.0 cm³/mol. The van der Waals surface area contributed by atoms with Crippen LogP contribution in [0.3, 0.4) is 0 Å². The number of H-pyrrole nitrogens is 1. The van der Waals surface area contributed by atoms with E-state index in [9.17, 15) is 4.79 Å². The molecule has 0 bridgehead atoms. The van der Waals surface area contributed by atoms with Gasteiger partial charge in [0.05, 0.1) is 0 Å². The second-order valence-corrected chi connectivity index (χ2v) is 5.88. The van der Waals surface area contributed by atoms with Gasteiger partial charge in [0.2, 0.25) is 5.82 Å². The molecule has 1 aliphatic rings. The molecule has 1 fully saturated rings. The van der Waals surface area contributed by atoms with Crippen LogP contribution < -0.4 is 0 Å². The molecule has 6 nitrogen and oxygen atoms in total. The number of likely N-dealkylation sites (tertiary alicyclic amines) is 1. The fraction of sp³-hybridized carbons (Fsp3) is 0.294. The zero-order valence-corrected chi connectivity index (χ0v) is 12.6. The van der Waals surface area contributed by atoms with E-state index in [4.69, 9.17) is 0 Å². The van der Waals surface area contributed by atoms with Gasteiger partial charge in [-0.15, -0.1) is 0 Å². The van der Waals surface area contributed by atoms with Crippen LogP contribution in [0.25, 0.3) is 10.8 Å². The van der Waals surface area contributed by atoms with Gasteiger partial charge in [0, 0.05) is 36.3 Å². The van der Waals surface area contributed by atoms with Crippen LogP contribution in [0.1, 0.15) is 35.1 Å². The number of aromatic amines is 1. The van der Waals surface area contributed by atoms with Gasteiger partial charge in [-0.3, -0.25) is 14.9 Å². The highest BCUT2D eigenvalue weighted by Gasteiger charge is 2.27. The van der Waals surface area contributed by atoms with Crippen molar-refractivity contribution in [3.8, 4) is 0 Å². The van der Waals surface area contributed by atoms with Crippen molar-refractivity contribution in [2.24, 2.45) is 0 Å². The molecule has 2 aromatic heterocycles. The van der Waals surface area contributed by atoms with Crippen LogP contribution in [0.15, 0.2) is 42.9 Å². The SMILES string of the molecule is O=C(c1ncn[nH]1)N1CCCC(c2cc3ccccc3cn2)C1. The number of hydrogen-bond donors (Lipinski definition) is 1. The number of fused-ring (bicyclic) bond motifs is 1. The Kier molecular flexibility index (Phi) is 3.49. The van der Waals surface area contributed by atoms with E-state index in [0.717, 1.165) is 30.5 Å². The summed E-state index contributed by atoms with van der Waals surface area (Å²) in [6.07, 6.45) is 5.30. The highest BCUT2D eigenvalue weighted by molar-refractivity contribution is 5.90. The molecular formula is C17H17N5O. The first kappa shape index (κ1) is 13.9. The summed E-state index contributed by atoms with van der Waals surface area (Å²) in [6.45, 7) is 1.43. The van der Waals surface area contributed by atoms with E-state index in [1.807, 2.05) is 23.2 Å². The minimum Gasteiger partial charge on any atom is -0.335 e. The van der Waals surface area contributed by atoms with Crippen LogP contribution in [0.5, 0.6) is 0 Å². The summed E-state index contributed by atoms with van der Waals surface area (Å²) in [5.41, 5.74) is 1.05. The molecule has 23 heavy (non-hydrogen) atoms. The first-order valence-electron chi connectivity index (χ1n) is 7.80. The molecule has 116 valence electrons. The van der Waals surface area contributed by atoms with Gasteiger partial charge >= 0.3 is 0 Å². The average Bonchev–Trinajstić information content (AvgIpc) is 3.15. The van der Waals surface area contributed by atoms with Crippen molar-refractivity contribution >= 4 is 16.7 Å². The molecule has 0 radical (unpaired) electrons. The summed E-state index contributed by atoms with van der Waals surface area (Å²) in [7, 11) is 0. The van der Waals surface area contributed by atoms with E-state index in [0.29, 0.717) is 12.4 Å². The number of amides is 1. The first-order valence-corrected chi connectivity index (χ1v) is 7.80. The highest BCUT2D eigenvalue weighted by atomic mass is 16.2. The third kappa shape index (κ3) is 2.67. The van der Waals surface area contributed by atoms with Gasteiger partial charge in [-0.2, -0.15) is 5.10 Å². The molecule has 3 heterocycles. The summed E-state index contributed by atoms with van der Waals surface area (Å²) in [5.74, 6) is 0.477. The average molecular weight is 307 g/mol.